The minimum atomic E-state index is -5.54. The molecule has 94 valence electrons. The van der Waals surface area contributed by atoms with Gasteiger partial charge in [0.25, 0.3) is 0 Å². The summed E-state index contributed by atoms with van der Waals surface area (Å²) in [6.07, 6.45) is -3.40. The van der Waals surface area contributed by atoms with E-state index in [-0.39, 0.29) is 3.57 Å². The highest BCUT2D eigenvalue weighted by molar-refractivity contribution is 14.1. The van der Waals surface area contributed by atoms with Gasteiger partial charge in [-0.15, -0.1) is 0 Å². The van der Waals surface area contributed by atoms with Crippen LogP contribution in [0.5, 0.6) is 0 Å². The predicted molar refractivity (Wildman–Crippen MR) is 61.1 cm³/mol. The largest absolute Gasteiger partial charge is 0.458 e. The lowest BCUT2D eigenvalue weighted by Gasteiger charge is -2.22. The van der Waals surface area contributed by atoms with Crippen LogP contribution in [0.4, 0.5) is 22.0 Å². The van der Waals surface area contributed by atoms with Crippen LogP contribution < -0.4 is 0 Å². The van der Waals surface area contributed by atoms with Crippen molar-refractivity contribution in [2.75, 3.05) is 0 Å². The van der Waals surface area contributed by atoms with Crippen molar-refractivity contribution in [2.24, 2.45) is 0 Å². The van der Waals surface area contributed by atoms with Crippen LogP contribution in [0.1, 0.15) is 23.1 Å². The molecule has 1 aromatic rings. The van der Waals surface area contributed by atoms with E-state index in [0.29, 0.717) is 12.0 Å². The maximum atomic E-state index is 13.3. The Morgan fingerprint density at radius 1 is 0.941 bits per heavy atom. The molecule has 0 unspecified atom stereocenters. The van der Waals surface area contributed by atoms with Crippen LogP contribution in [0.15, 0.2) is 12.1 Å². The topological polar surface area (TPSA) is 0 Å². The van der Waals surface area contributed by atoms with Gasteiger partial charge in [0.1, 0.15) is 0 Å². The highest BCUT2D eigenvalue weighted by Gasteiger charge is 2.59. The molecule has 0 saturated heterocycles. The Balaban J connectivity index is 2.53. The number of halogens is 6. The van der Waals surface area contributed by atoms with E-state index >= 15 is 0 Å². The summed E-state index contributed by atoms with van der Waals surface area (Å²) in [5, 5.41) is 0. The highest BCUT2D eigenvalue weighted by atomic mass is 127. The fourth-order valence-electron chi connectivity index (χ4n) is 1.99. The van der Waals surface area contributed by atoms with E-state index < -0.39 is 17.7 Å². The van der Waals surface area contributed by atoms with E-state index in [1.165, 1.54) is 28.7 Å². The monoisotopic (exact) mass is 362 g/mol. The molecule has 0 aliphatic heterocycles. The smallest absolute Gasteiger partial charge is 0.191 e. The van der Waals surface area contributed by atoms with E-state index in [4.69, 9.17) is 0 Å². The minimum Gasteiger partial charge on any atom is -0.191 e. The van der Waals surface area contributed by atoms with Gasteiger partial charge >= 0.3 is 12.1 Å². The third kappa shape index (κ3) is 2.15. The summed E-state index contributed by atoms with van der Waals surface area (Å²) >= 11 is 1.54. The number of fused-ring (bicyclic) bond motifs is 1. The molecule has 0 atom stereocenters. The third-order valence-corrected chi connectivity index (χ3v) is 3.77. The first-order valence-corrected chi connectivity index (χ1v) is 6.07. The van der Waals surface area contributed by atoms with Crippen molar-refractivity contribution in [3.05, 3.63) is 32.4 Å². The van der Waals surface area contributed by atoms with E-state index in [2.05, 4.69) is 0 Å². The van der Waals surface area contributed by atoms with Crippen LogP contribution in [-0.4, -0.2) is 6.18 Å². The molecule has 6 heteroatoms. The summed E-state index contributed by atoms with van der Waals surface area (Å²) in [4.78, 5) is 0. The van der Waals surface area contributed by atoms with Gasteiger partial charge in [0.2, 0.25) is 0 Å². The molecule has 0 amide bonds. The van der Waals surface area contributed by atoms with Gasteiger partial charge < -0.3 is 0 Å². The van der Waals surface area contributed by atoms with Crippen molar-refractivity contribution >= 4 is 22.6 Å². The van der Waals surface area contributed by atoms with E-state index in [1.54, 1.807) is 0 Å². The van der Waals surface area contributed by atoms with Crippen LogP contribution in [0.3, 0.4) is 0 Å². The average Bonchev–Trinajstić information content (AvgIpc) is 2.61. The maximum Gasteiger partial charge on any atom is 0.458 e. The molecule has 17 heavy (non-hydrogen) atoms. The molecule has 2 rings (SSSR count). The van der Waals surface area contributed by atoms with Crippen molar-refractivity contribution in [3.63, 3.8) is 0 Å². The minimum absolute atomic E-state index is 0.0226. The van der Waals surface area contributed by atoms with Gasteiger partial charge in [-0.3, -0.25) is 0 Å². The van der Waals surface area contributed by atoms with Crippen LogP contribution in [0.2, 0.25) is 0 Å². The summed E-state index contributed by atoms with van der Waals surface area (Å²) in [6, 6.07) is 2.45. The second-order valence-electron chi connectivity index (χ2n) is 4.03. The molecule has 0 heterocycles. The second kappa shape index (κ2) is 4.07. The summed E-state index contributed by atoms with van der Waals surface area (Å²) in [6.45, 7) is 0. The number of rotatable bonds is 1. The molecule has 0 radical (unpaired) electrons. The molecule has 0 nitrogen and oxygen atoms in total. The zero-order valence-corrected chi connectivity index (χ0v) is 10.7. The Morgan fingerprint density at radius 2 is 1.47 bits per heavy atom. The molecular weight excluding hydrogens is 354 g/mol. The molecular formula is C11H8F5I. The Hall–Kier alpha value is -0.400. The number of hydrogen-bond donors (Lipinski definition) is 0. The van der Waals surface area contributed by atoms with Gasteiger partial charge in [-0.25, -0.2) is 0 Å². The number of alkyl halides is 5. The van der Waals surface area contributed by atoms with Crippen LogP contribution >= 0.6 is 22.6 Å². The Labute approximate surface area is 108 Å². The van der Waals surface area contributed by atoms with Crippen LogP contribution in [0, 0.1) is 3.57 Å². The summed E-state index contributed by atoms with van der Waals surface area (Å²) in [5.74, 6) is -4.78. The molecule has 1 aliphatic carbocycles. The van der Waals surface area contributed by atoms with Gasteiger partial charge in [0, 0.05) is 9.13 Å². The third-order valence-electron chi connectivity index (χ3n) is 2.88. The fourth-order valence-corrected chi connectivity index (χ4v) is 2.86. The zero-order chi connectivity index (χ0) is 12.8. The second-order valence-corrected chi connectivity index (χ2v) is 5.19. The summed E-state index contributed by atoms with van der Waals surface area (Å²) < 4.78 is 63.4. The van der Waals surface area contributed by atoms with Crippen molar-refractivity contribution in [1.82, 2.24) is 0 Å². The summed E-state index contributed by atoms with van der Waals surface area (Å²) in [5.41, 5.74) is 0.576. The number of hydrogen-bond acceptors (Lipinski definition) is 0. The standard InChI is InChI=1S/C11H8F5I/c12-10(13,11(14,15)16)8-4-6-2-1-3-7(6)5-9(8)17/h4-5H,1-3H2. The predicted octanol–water partition coefficient (Wildman–Crippen LogP) is 4.43. The van der Waals surface area contributed by atoms with Crippen molar-refractivity contribution in [2.45, 2.75) is 31.4 Å². The number of aryl methyl sites for hydroxylation is 2. The van der Waals surface area contributed by atoms with Gasteiger partial charge in [0.15, 0.2) is 0 Å². The maximum absolute atomic E-state index is 13.3. The first-order valence-electron chi connectivity index (χ1n) is 5.00. The Morgan fingerprint density at radius 3 is 2.00 bits per heavy atom. The van der Waals surface area contributed by atoms with Gasteiger partial charge in [-0.2, -0.15) is 22.0 Å². The normalized spacial score (nSPS) is 16.1. The Bertz CT molecular complexity index is 450. The fraction of sp³-hybridized carbons (Fsp3) is 0.455. The average molecular weight is 362 g/mol. The molecule has 0 bridgehead atoms. The Kier molecular flexibility index (Phi) is 3.12. The van der Waals surface area contributed by atoms with E-state index in [9.17, 15) is 22.0 Å². The van der Waals surface area contributed by atoms with Gasteiger partial charge in [-0.1, -0.05) is 0 Å². The quantitative estimate of drug-likeness (QED) is 0.512. The lowest BCUT2D eigenvalue weighted by atomic mass is 10.0. The van der Waals surface area contributed by atoms with Crippen molar-refractivity contribution in [3.8, 4) is 0 Å². The first kappa shape index (κ1) is 13.0. The molecule has 0 saturated carbocycles. The lowest BCUT2D eigenvalue weighted by Crippen LogP contribution is -2.34. The summed E-state index contributed by atoms with van der Waals surface area (Å²) in [7, 11) is 0. The molecule has 1 aliphatic rings. The number of benzene rings is 1. The first-order chi connectivity index (χ1) is 7.73. The van der Waals surface area contributed by atoms with Gasteiger partial charge in [0.05, 0.1) is 0 Å². The molecule has 0 spiro atoms. The van der Waals surface area contributed by atoms with Crippen LogP contribution in [0.25, 0.3) is 0 Å². The van der Waals surface area contributed by atoms with E-state index in [1.807, 2.05) is 0 Å². The molecule has 0 fully saturated rings. The van der Waals surface area contributed by atoms with Gasteiger partial charge in [-0.05, 0) is 65.1 Å². The molecule has 0 aromatic heterocycles. The highest BCUT2D eigenvalue weighted by Crippen LogP contribution is 2.46. The molecule has 1 aromatic carbocycles. The SMILES string of the molecule is FC(F)(F)C(F)(F)c1cc2c(cc1I)CCC2. The van der Waals surface area contributed by atoms with Crippen LogP contribution in [-0.2, 0) is 18.8 Å². The lowest BCUT2D eigenvalue weighted by molar-refractivity contribution is -0.289. The van der Waals surface area contributed by atoms with E-state index in [0.717, 1.165) is 24.5 Å². The van der Waals surface area contributed by atoms with Crippen molar-refractivity contribution < 1.29 is 22.0 Å². The van der Waals surface area contributed by atoms with Crippen molar-refractivity contribution in [1.29, 1.82) is 0 Å². The zero-order valence-electron chi connectivity index (χ0n) is 8.54. The molecule has 0 N–H and O–H groups in total.